The molecule has 0 fully saturated rings. The minimum Gasteiger partial charge on any atom is -0.360 e. The molecule has 0 aliphatic heterocycles. The SMILES string of the molecule is Cc1cc(NC(=O)CN(C)C(=O)C(N)C(C)C)no1.Cl. The Morgan fingerprint density at radius 2 is 2.10 bits per heavy atom. The van der Waals surface area contributed by atoms with Gasteiger partial charge >= 0.3 is 0 Å². The van der Waals surface area contributed by atoms with Gasteiger partial charge in [-0.2, -0.15) is 0 Å². The highest BCUT2D eigenvalue weighted by molar-refractivity contribution is 5.94. The lowest BCUT2D eigenvalue weighted by Crippen LogP contribution is -2.47. The van der Waals surface area contributed by atoms with Crippen LogP contribution in [0.5, 0.6) is 0 Å². The van der Waals surface area contributed by atoms with Gasteiger partial charge in [0.25, 0.3) is 0 Å². The quantitative estimate of drug-likeness (QED) is 0.837. The molecule has 8 heteroatoms. The van der Waals surface area contributed by atoms with E-state index in [1.165, 1.54) is 11.9 Å². The normalized spacial score (nSPS) is 11.7. The fraction of sp³-hybridized carbons (Fsp3) is 0.583. The topological polar surface area (TPSA) is 101 Å². The summed E-state index contributed by atoms with van der Waals surface area (Å²) in [4.78, 5) is 24.9. The van der Waals surface area contributed by atoms with E-state index in [0.717, 1.165) is 0 Å². The van der Waals surface area contributed by atoms with Gasteiger partial charge in [-0.15, -0.1) is 12.4 Å². The predicted octanol–water partition coefficient (Wildman–Crippen LogP) is 0.785. The average molecular weight is 305 g/mol. The molecule has 2 amide bonds. The Labute approximate surface area is 124 Å². The van der Waals surface area contributed by atoms with Crippen LogP contribution in [0.3, 0.4) is 0 Å². The molecule has 1 aromatic heterocycles. The highest BCUT2D eigenvalue weighted by Crippen LogP contribution is 2.07. The minimum atomic E-state index is -0.605. The molecular weight excluding hydrogens is 284 g/mol. The molecule has 0 aromatic carbocycles. The summed E-state index contributed by atoms with van der Waals surface area (Å²) in [5, 5.41) is 6.17. The Morgan fingerprint density at radius 1 is 1.50 bits per heavy atom. The first kappa shape index (κ1) is 18.4. The molecule has 0 saturated heterocycles. The Balaban J connectivity index is 0.00000361. The number of aryl methyl sites for hydroxylation is 1. The molecule has 0 spiro atoms. The van der Waals surface area contributed by atoms with Crippen molar-refractivity contribution < 1.29 is 14.1 Å². The number of hydrogen-bond acceptors (Lipinski definition) is 5. The highest BCUT2D eigenvalue weighted by atomic mass is 35.5. The van der Waals surface area contributed by atoms with Gasteiger partial charge in [0.15, 0.2) is 5.82 Å². The van der Waals surface area contributed by atoms with Gasteiger partial charge in [0.05, 0.1) is 12.6 Å². The maximum atomic E-state index is 11.9. The summed E-state index contributed by atoms with van der Waals surface area (Å²) in [6, 6.07) is 0.992. The molecule has 0 aliphatic carbocycles. The number of amides is 2. The Kier molecular flexibility index (Phi) is 7.23. The van der Waals surface area contributed by atoms with Crippen molar-refractivity contribution >= 4 is 30.0 Å². The summed E-state index contributed by atoms with van der Waals surface area (Å²) >= 11 is 0. The van der Waals surface area contributed by atoms with Gasteiger partial charge in [-0.3, -0.25) is 9.59 Å². The molecule has 7 nitrogen and oxygen atoms in total. The van der Waals surface area contributed by atoms with Crippen molar-refractivity contribution in [3.63, 3.8) is 0 Å². The second kappa shape index (κ2) is 7.86. The second-order valence-corrected chi connectivity index (χ2v) is 4.84. The molecular formula is C12H21ClN4O3. The van der Waals surface area contributed by atoms with E-state index in [4.69, 9.17) is 10.3 Å². The molecule has 0 bridgehead atoms. The number of carbonyl (C=O) groups is 2. The van der Waals surface area contributed by atoms with Gasteiger partial charge in [0, 0.05) is 13.1 Å². The van der Waals surface area contributed by atoms with E-state index in [1.807, 2.05) is 13.8 Å². The zero-order valence-electron chi connectivity index (χ0n) is 12.0. The molecule has 3 N–H and O–H groups in total. The zero-order chi connectivity index (χ0) is 14.6. The van der Waals surface area contributed by atoms with Gasteiger partial charge in [0.1, 0.15) is 5.76 Å². The van der Waals surface area contributed by atoms with E-state index in [9.17, 15) is 9.59 Å². The summed E-state index contributed by atoms with van der Waals surface area (Å²) in [6.45, 7) is 5.36. The maximum Gasteiger partial charge on any atom is 0.245 e. The third-order valence-electron chi connectivity index (χ3n) is 2.66. The number of nitrogens with one attached hydrogen (secondary N) is 1. The molecule has 0 radical (unpaired) electrons. The van der Waals surface area contributed by atoms with Crippen molar-refractivity contribution in [1.82, 2.24) is 10.1 Å². The fourth-order valence-corrected chi connectivity index (χ4v) is 1.44. The van der Waals surface area contributed by atoms with Crippen molar-refractivity contribution in [3.8, 4) is 0 Å². The van der Waals surface area contributed by atoms with E-state index in [0.29, 0.717) is 11.6 Å². The summed E-state index contributed by atoms with van der Waals surface area (Å²) in [6.07, 6.45) is 0. The van der Waals surface area contributed by atoms with Crippen LogP contribution in [0.25, 0.3) is 0 Å². The number of hydrogen-bond donors (Lipinski definition) is 2. The lowest BCUT2D eigenvalue weighted by atomic mass is 10.0. The van der Waals surface area contributed by atoms with E-state index in [2.05, 4.69) is 10.5 Å². The first-order valence-corrected chi connectivity index (χ1v) is 6.05. The monoisotopic (exact) mass is 304 g/mol. The average Bonchev–Trinajstić information content (AvgIpc) is 2.72. The van der Waals surface area contributed by atoms with E-state index < -0.39 is 6.04 Å². The van der Waals surface area contributed by atoms with Gasteiger partial charge in [-0.1, -0.05) is 19.0 Å². The highest BCUT2D eigenvalue weighted by Gasteiger charge is 2.22. The Morgan fingerprint density at radius 3 is 2.55 bits per heavy atom. The summed E-state index contributed by atoms with van der Waals surface area (Å²) < 4.78 is 4.82. The number of rotatable bonds is 5. The van der Waals surface area contributed by atoms with Crippen LogP contribution in [0.2, 0.25) is 0 Å². The number of nitrogens with zero attached hydrogens (tertiary/aromatic N) is 2. The largest absolute Gasteiger partial charge is 0.360 e. The van der Waals surface area contributed by atoms with Crippen LogP contribution in [0.4, 0.5) is 5.82 Å². The number of carbonyl (C=O) groups excluding carboxylic acids is 2. The van der Waals surface area contributed by atoms with Gasteiger partial charge in [-0.25, -0.2) is 0 Å². The van der Waals surface area contributed by atoms with Gasteiger partial charge in [-0.05, 0) is 12.8 Å². The molecule has 0 saturated carbocycles. The number of nitrogens with two attached hydrogens (primary N) is 1. The molecule has 1 atom stereocenters. The molecule has 20 heavy (non-hydrogen) atoms. The Hall–Kier alpha value is -1.60. The van der Waals surface area contributed by atoms with Gasteiger partial charge < -0.3 is 20.5 Å². The van der Waals surface area contributed by atoms with E-state index >= 15 is 0 Å². The molecule has 1 unspecified atom stereocenters. The minimum absolute atomic E-state index is 0. The number of likely N-dealkylation sites (N-methyl/N-ethyl adjacent to an activating group) is 1. The second-order valence-electron chi connectivity index (χ2n) is 4.84. The third kappa shape index (κ3) is 5.18. The van der Waals surface area contributed by atoms with E-state index in [-0.39, 0.29) is 36.7 Å². The molecule has 114 valence electrons. The molecule has 1 heterocycles. The summed E-state index contributed by atoms with van der Waals surface area (Å²) in [5.41, 5.74) is 5.74. The summed E-state index contributed by atoms with van der Waals surface area (Å²) in [7, 11) is 1.54. The summed E-state index contributed by atoms with van der Waals surface area (Å²) in [5.74, 6) is 0.343. The van der Waals surface area contributed by atoms with Crippen LogP contribution in [-0.4, -0.2) is 41.5 Å². The van der Waals surface area contributed by atoms with Crippen molar-refractivity contribution in [3.05, 3.63) is 11.8 Å². The first-order chi connectivity index (χ1) is 8.81. The molecule has 0 aliphatic rings. The van der Waals surface area contributed by atoms with Crippen LogP contribution >= 0.6 is 12.4 Å². The maximum absolute atomic E-state index is 11.9. The molecule has 1 rings (SSSR count). The van der Waals surface area contributed by atoms with Crippen LogP contribution in [0, 0.1) is 12.8 Å². The molecule has 1 aromatic rings. The fourth-order valence-electron chi connectivity index (χ4n) is 1.44. The van der Waals surface area contributed by atoms with Crippen molar-refractivity contribution in [2.75, 3.05) is 18.9 Å². The number of anilines is 1. The van der Waals surface area contributed by atoms with Crippen LogP contribution in [0.15, 0.2) is 10.6 Å². The van der Waals surface area contributed by atoms with Crippen LogP contribution in [-0.2, 0) is 9.59 Å². The lowest BCUT2D eigenvalue weighted by Gasteiger charge is -2.22. The van der Waals surface area contributed by atoms with Gasteiger partial charge in [0.2, 0.25) is 11.8 Å². The first-order valence-electron chi connectivity index (χ1n) is 6.05. The number of halogens is 1. The standard InChI is InChI=1S/C12H20N4O3.ClH/c1-7(2)11(13)12(18)16(4)6-10(17)14-9-5-8(3)19-15-9;/h5,7,11H,6,13H2,1-4H3,(H,14,15,17);1H. The zero-order valence-corrected chi connectivity index (χ0v) is 12.9. The van der Waals surface area contributed by atoms with E-state index in [1.54, 1.807) is 13.0 Å². The predicted molar refractivity (Wildman–Crippen MR) is 77.6 cm³/mol. The third-order valence-corrected chi connectivity index (χ3v) is 2.66. The lowest BCUT2D eigenvalue weighted by molar-refractivity contribution is -0.135. The van der Waals surface area contributed by atoms with Crippen molar-refractivity contribution in [1.29, 1.82) is 0 Å². The van der Waals surface area contributed by atoms with Crippen LogP contribution in [0.1, 0.15) is 19.6 Å². The number of aromatic nitrogens is 1. The smallest absolute Gasteiger partial charge is 0.245 e. The van der Waals surface area contributed by atoms with Crippen LogP contribution < -0.4 is 11.1 Å². The van der Waals surface area contributed by atoms with Crippen molar-refractivity contribution in [2.24, 2.45) is 11.7 Å². The van der Waals surface area contributed by atoms with Crippen molar-refractivity contribution in [2.45, 2.75) is 26.8 Å². The Bertz CT molecular complexity index is 461.